The second kappa shape index (κ2) is 6.39. The lowest BCUT2D eigenvalue weighted by Gasteiger charge is -2.36. The minimum absolute atomic E-state index is 0.00931. The van der Waals surface area contributed by atoms with Crippen LogP contribution in [0.2, 0.25) is 0 Å². The molecule has 1 fully saturated rings. The first-order chi connectivity index (χ1) is 9.84. The predicted molar refractivity (Wildman–Crippen MR) is 79.2 cm³/mol. The van der Waals surface area contributed by atoms with Gasteiger partial charge in [-0.05, 0) is 62.8 Å². The largest absolute Gasteiger partial charge is 0.391 e. The van der Waals surface area contributed by atoms with E-state index in [9.17, 15) is 13.2 Å². The maximum atomic E-state index is 13.0. The molecule has 0 spiro atoms. The Labute approximate surface area is 124 Å². The average Bonchev–Trinajstić information content (AvgIpc) is 2.44. The minimum Gasteiger partial charge on any atom is -0.313 e. The van der Waals surface area contributed by atoms with Gasteiger partial charge in [0.15, 0.2) is 0 Å². The van der Waals surface area contributed by atoms with Gasteiger partial charge in [0.1, 0.15) is 0 Å². The average molecular weight is 299 g/mol. The predicted octanol–water partition coefficient (Wildman–Crippen LogP) is 4.93. The number of aryl methyl sites for hydroxylation is 1. The Morgan fingerprint density at radius 1 is 1.19 bits per heavy atom. The summed E-state index contributed by atoms with van der Waals surface area (Å²) >= 11 is 0. The lowest BCUT2D eigenvalue weighted by Crippen LogP contribution is -2.35. The van der Waals surface area contributed by atoms with Crippen molar-refractivity contribution in [2.75, 3.05) is 7.05 Å². The van der Waals surface area contributed by atoms with Crippen molar-refractivity contribution in [2.45, 2.75) is 51.7 Å². The van der Waals surface area contributed by atoms with Crippen molar-refractivity contribution in [3.05, 3.63) is 34.9 Å². The fraction of sp³-hybridized carbons (Fsp3) is 0.647. The smallest absolute Gasteiger partial charge is 0.313 e. The third kappa shape index (κ3) is 3.60. The lowest BCUT2D eigenvalue weighted by molar-refractivity contribution is -0.186. The van der Waals surface area contributed by atoms with E-state index in [1.807, 2.05) is 32.2 Å². The van der Waals surface area contributed by atoms with Gasteiger partial charge in [-0.2, -0.15) is 13.2 Å². The van der Waals surface area contributed by atoms with E-state index < -0.39 is 12.1 Å². The number of nitrogens with one attached hydrogen (secondary N) is 1. The van der Waals surface area contributed by atoms with Gasteiger partial charge in [0.2, 0.25) is 0 Å². The first-order valence-corrected chi connectivity index (χ1v) is 7.64. The van der Waals surface area contributed by atoms with Crippen molar-refractivity contribution in [2.24, 2.45) is 11.8 Å². The highest BCUT2D eigenvalue weighted by atomic mass is 19.4. The van der Waals surface area contributed by atoms with E-state index in [0.29, 0.717) is 6.42 Å². The lowest BCUT2D eigenvalue weighted by atomic mass is 9.75. The summed E-state index contributed by atoms with van der Waals surface area (Å²) in [4.78, 5) is 0. The molecule has 1 aliphatic carbocycles. The van der Waals surface area contributed by atoms with Gasteiger partial charge in [-0.25, -0.2) is 0 Å². The standard InChI is InChI=1S/C17H24F3N/c1-11-6-4-9-15(12(11)2)16(21-3)13-7-5-8-14(10-13)17(18,19)20/h4,6,9,13-14,16,21H,5,7-8,10H2,1-3H3. The summed E-state index contributed by atoms with van der Waals surface area (Å²) in [6, 6.07) is 6.09. The number of alkyl halides is 3. The zero-order valence-electron chi connectivity index (χ0n) is 12.9. The molecule has 3 unspecified atom stereocenters. The SMILES string of the molecule is CNC(c1cccc(C)c1C)C1CCCC(C(F)(F)F)C1. The minimum atomic E-state index is -4.06. The Hall–Kier alpha value is -1.03. The van der Waals surface area contributed by atoms with Crippen molar-refractivity contribution >= 4 is 0 Å². The summed E-state index contributed by atoms with van der Waals surface area (Å²) < 4.78 is 39.0. The fourth-order valence-electron chi connectivity index (χ4n) is 3.58. The van der Waals surface area contributed by atoms with Crippen LogP contribution in [0, 0.1) is 25.7 Å². The fourth-order valence-corrected chi connectivity index (χ4v) is 3.58. The monoisotopic (exact) mass is 299 g/mol. The maximum absolute atomic E-state index is 13.0. The van der Waals surface area contributed by atoms with Crippen LogP contribution < -0.4 is 5.32 Å². The van der Waals surface area contributed by atoms with Crippen molar-refractivity contribution in [1.82, 2.24) is 5.32 Å². The molecule has 4 heteroatoms. The van der Waals surface area contributed by atoms with Gasteiger partial charge in [-0.1, -0.05) is 24.6 Å². The third-order valence-electron chi connectivity index (χ3n) is 4.94. The van der Waals surface area contributed by atoms with Crippen LogP contribution in [0.15, 0.2) is 18.2 Å². The molecule has 21 heavy (non-hydrogen) atoms. The molecule has 2 rings (SSSR count). The van der Waals surface area contributed by atoms with Gasteiger partial charge in [0, 0.05) is 6.04 Å². The Balaban J connectivity index is 2.23. The molecule has 118 valence electrons. The van der Waals surface area contributed by atoms with Gasteiger partial charge >= 0.3 is 6.18 Å². The number of benzene rings is 1. The second-order valence-corrected chi connectivity index (χ2v) is 6.22. The van der Waals surface area contributed by atoms with E-state index >= 15 is 0 Å². The molecule has 0 aromatic heterocycles. The summed E-state index contributed by atoms with van der Waals surface area (Å²) in [6.45, 7) is 4.10. The Bertz CT molecular complexity index is 481. The van der Waals surface area contributed by atoms with E-state index in [0.717, 1.165) is 12.0 Å². The van der Waals surface area contributed by atoms with Crippen LogP contribution in [-0.2, 0) is 0 Å². The van der Waals surface area contributed by atoms with E-state index in [2.05, 4.69) is 12.2 Å². The van der Waals surface area contributed by atoms with Gasteiger partial charge in [-0.15, -0.1) is 0 Å². The van der Waals surface area contributed by atoms with Crippen molar-refractivity contribution in [3.63, 3.8) is 0 Å². The van der Waals surface area contributed by atoms with Gasteiger partial charge in [0.05, 0.1) is 5.92 Å². The van der Waals surface area contributed by atoms with Crippen LogP contribution in [0.25, 0.3) is 0 Å². The zero-order chi connectivity index (χ0) is 15.6. The first-order valence-electron chi connectivity index (χ1n) is 7.64. The molecule has 1 N–H and O–H groups in total. The summed E-state index contributed by atoms with van der Waals surface area (Å²) in [5.41, 5.74) is 3.52. The molecular weight excluding hydrogens is 275 g/mol. The highest BCUT2D eigenvalue weighted by molar-refractivity contribution is 5.35. The van der Waals surface area contributed by atoms with E-state index in [1.54, 1.807) is 0 Å². The number of rotatable bonds is 3. The van der Waals surface area contributed by atoms with Crippen LogP contribution in [-0.4, -0.2) is 13.2 Å². The Morgan fingerprint density at radius 2 is 1.90 bits per heavy atom. The Morgan fingerprint density at radius 3 is 2.52 bits per heavy atom. The van der Waals surface area contributed by atoms with E-state index in [4.69, 9.17) is 0 Å². The number of hydrogen-bond donors (Lipinski definition) is 1. The zero-order valence-corrected chi connectivity index (χ0v) is 12.9. The molecule has 0 saturated heterocycles. The summed E-state index contributed by atoms with van der Waals surface area (Å²) in [5.74, 6) is -1.09. The van der Waals surface area contributed by atoms with Crippen molar-refractivity contribution in [1.29, 1.82) is 0 Å². The number of hydrogen-bond acceptors (Lipinski definition) is 1. The van der Waals surface area contributed by atoms with Crippen molar-refractivity contribution < 1.29 is 13.2 Å². The highest BCUT2D eigenvalue weighted by Crippen LogP contribution is 2.44. The molecule has 1 aliphatic rings. The van der Waals surface area contributed by atoms with Gasteiger partial charge in [0.25, 0.3) is 0 Å². The van der Waals surface area contributed by atoms with Crippen LogP contribution >= 0.6 is 0 Å². The summed E-state index contributed by atoms with van der Waals surface area (Å²) in [5, 5.41) is 3.26. The van der Waals surface area contributed by atoms with Crippen molar-refractivity contribution in [3.8, 4) is 0 Å². The molecule has 0 radical (unpaired) electrons. The molecule has 0 bridgehead atoms. The Kier molecular flexibility index (Phi) is 4.97. The van der Waals surface area contributed by atoms with Gasteiger partial charge < -0.3 is 5.32 Å². The third-order valence-corrected chi connectivity index (χ3v) is 4.94. The molecule has 1 nitrogen and oxygen atoms in total. The molecule has 3 atom stereocenters. The first kappa shape index (κ1) is 16.3. The van der Waals surface area contributed by atoms with Crippen LogP contribution in [0.1, 0.15) is 48.4 Å². The van der Waals surface area contributed by atoms with E-state index in [-0.39, 0.29) is 24.8 Å². The molecular formula is C17H24F3N. The molecule has 1 saturated carbocycles. The second-order valence-electron chi connectivity index (χ2n) is 6.22. The highest BCUT2D eigenvalue weighted by Gasteiger charge is 2.43. The number of halogens is 3. The van der Waals surface area contributed by atoms with Crippen LogP contribution in [0.3, 0.4) is 0 Å². The molecule has 0 aliphatic heterocycles. The normalized spacial score (nSPS) is 24.9. The van der Waals surface area contributed by atoms with Gasteiger partial charge in [-0.3, -0.25) is 0 Å². The summed E-state index contributed by atoms with van der Waals surface area (Å²) in [7, 11) is 1.85. The van der Waals surface area contributed by atoms with E-state index in [1.165, 1.54) is 11.1 Å². The molecule has 0 heterocycles. The summed E-state index contributed by atoms with van der Waals surface area (Å²) in [6.07, 6.45) is -2.01. The topological polar surface area (TPSA) is 12.0 Å². The quantitative estimate of drug-likeness (QED) is 0.834. The van der Waals surface area contributed by atoms with Crippen LogP contribution in [0.5, 0.6) is 0 Å². The van der Waals surface area contributed by atoms with Crippen LogP contribution in [0.4, 0.5) is 13.2 Å². The molecule has 1 aromatic carbocycles. The maximum Gasteiger partial charge on any atom is 0.391 e. The molecule has 0 amide bonds. The molecule has 1 aromatic rings.